The Morgan fingerprint density at radius 2 is 2.05 bits per heavy atom. The highest BCUT2D eigenvalue weighted by Crippen LogP contribution is 2.22. The molecule has 0 aliphatic heterocycles. The van der Waals surface area contributed by atoms with Gasteiger partial charge in [-0.15, -0.1) is 0 Å². The highest BCUT2D eigenvalue weighted by Gasteiger charge is 2.21. The molecule has 8 heteroatoms. The largest absolute Gasteiger partial charge is 0.478 e. The van der Waals surface area contributed by atoms with Crippen LogP contribution in [0.15, 0.2) is 29.4 Å². The van der Waals surface area contributed by atoms with Gasteiger partial charge in [0.05, 0.1) is 17.4 Å². The zero-order valence-electron chi connectivity index (χ0n) is 10.8. The number of benzene rings is 1. The van der Waals surface area contributed by atoms with Gasteiger partial charge in [0.25, 0.3) is 10.0 Å². The molecule has 0 saturated heterocycles. The lowest BCUT2D eigenvalue weighted by molar-refractivity contribution is 0.0697. The van der Waals surface area contributed by atoms with Crippen molar-refractivity contribution >= 4 is 21.7 Å². The molecule has 0 atom stereocenters. The number of H-pyrrole nitrogens is 1. The van der Waals surface area contributed by atoms with E-state index in [0.717, 1.165) is 0 Å². The van der Waals surface area contributed by atoms with Crippen LogP contribution < -0.4 is 4.72 Å². The SMILES string of the molecule is Cc1ncc(S(=O)(=O)Nc2cccc(C)c2C(=O)O)[nH]1. The van der Waals surface area contributed by atoms with E-state index in [1.807, 2.05) is 0 Å². The molecule has 2 rings (SSSR count). The van der Waals surface area contributed by atoms with Crippen LogP contribution in [0.25, 0.3) is 0 Å². The predicted octanol–water partition coefficient (Wildman–Crippen LogP) is 1.53. The lowest BCUT2D eigenvalue weighted by atomic mass is 10.1. The molecule has 1 heterocycles. The van der Waals surface area contributed by atoms with E-state index in [9.17, 15) is 13.2 Å². The topological polar surface area (TPSA) is 112 Å². The van der Waals surface area contributed by atoms with E-state index in [4.69, 9.17) is 5.11 Å². The Kier molecular flexibility index (Phi) is 3.49. The number of aromatic carboxylic acids is 1. The third-order valence-electron chi connectivity index (χ3n) is 2.70. The first-order chi connectivity index (χ1) is 9.31. The number of aromatic nitrogens is 2. The molecule has 1 aromatic heterocycles. The van der Waals surface area contributed by atoms with E-state index in [-0.39, 0.29) is 16.3 Å². The molecule has 106 valence electrons. The highest BCUT2D eigenvalue weighted by atomic mass is 32.2. The second-order valence-corrected chi connectivity index (χ2v) is 5.89. The summed E-state index contributed by atoms with van der Waals surface area (Å²) >= 11 is 0. The van der Waals surface area contributed by atoms with Gasteiger partial charge in [-0.3, -0.25) is 4.72 Å². The summed E-state index contributed by atoms with van der Waals surface area (Å²) in [7, 11) is -3.90. The van der Waals surface area contributed by atoms with Crippen LogP contribution in [0.1, 0.15) is 21.7 Å². The second kappa shape index (κ2) is 4.97. The minimum Gasteiger partial charge on any atom is -0.478 e. The molecule has 1 aromatic carbocycles. The Hall–Kier alpha value is -2.35. The first-order valence-corrected chi connectivity index (χ1v) is 7.17. The zero-order chi connectivity index (χ0) is 14.9. The fraction of sp³-hybridized carbons (Fsp3) is 0.167. The standard InChI is InChI=1S/C12H13N3O4S/c1-7-4-3-5-9(11(7)12(16)17)15-20(18,19)10-6-13-8(2)14-10/h3-6,15H,1-2H3,(H,13,14)(H,16,17). The summed E-state index contributed by atoms with van der Waals surface area (Å²) in [5.41, 5.74) is 0.413. The number of nitrogens with zero attached hydrogens (tertiary/aromatic N) is 1. The zero-order valence-corrected chi connectivity index (χ0v) is 11.7. The van der Waals surface area contributed by atoms with Crippen molar-refractivity contribution in [3.63, 3.8) is 0 Å². The van der Waals surface area contributed by atoms with Gasteiger partial charge < -0.3 is 10.1 Å². The smallest absolute Gasteiger partial charge is 0.338 e. The fourth-order valence-electron chi connectivity index (χ4n) is 1.77. The minimum absolute atomic E-state index is 0.0183. The van der Waals surface area contributed by atoms with Crippen molar-refractivity contribution in [1.29, 1.82) is 0 Å². The number of aryl methyl sites for hydroxylation is 2. The Morgan fingerprint density at radius 3 is 2.60 bits per heavy atom. The summed E-state index contributed by atoms with van der Waals surface area (Å²) in [5, 5.41) is 9.05. The van der Waals surface area contributed by atoms with Gasteiger partial charge in [-0.05, 0) is 25.5 Å². The number of carboxylic acid groups (broad SMARTS) is 1. The number of hydrogen-bond acceptors (Lipinski definition) is 4. The van der Waals surface area contributed by atoms with Crippen LogP contribution in [0.5, 0.6) is 0 Å². The van der Waals surface area contributed by atoms with E-state index in [1.165, 1.54) is 12.3 Å². The molecule has 7 nitrogen and oxygen atoms in total. The number of sulfonamides is 1. The van der Waals surface area contributed by atoms with Crippen LogP contribution in [0.2, 0.25) is 0 Å². The van der Waals surface area contributed by atoms with E-state index in [0.29, 0.717) is 11.4 Å². The Morgan fingerprint density at radius 1 is 1.35 bits per heavy atom. The Bertz CT molecular complexity index is 765. The number of carboxylic acids is 1. The maximum Gasteiger partial charge on any atom is 0.338 e. The molecule has 0 unspecified atom stereocenters. The van der Waals surface area contributed by atoms with Crippen molar-refractivity contribution in [2.24, 2.45) is 0 Å². The summed E-state index contributed by atoms with van der Waals surface area (Å²) in [6, 6.07) is 4.58. The average molecular weight is 295 g/mol. The molecule has 2 aromatic rings. The summed E-state index contributed by atoms with van der Waals surface area (Å²) in [5.74, 6) is -0.741. The van der Waals surface area contributed by atoms with Gasteiger partial charge in [-0.2, -0.15) is 8.42 Å². The molecule has 3 N–H and O–H groups in total. The van der Waals surface area contributed by atoms with Crippen molar-refractivity contribution in [3.8, 4) is 0 Å². The molecule has 0 amide bonds. The first kappa shape index (κ1) is 14.1. The molecule has 0 radical (unpaired) electrons. The van der Waals surface area contributed by atoms with E-state index in [2.05, 4.69) is 14.7 Å². The Balaban J connectivity index is 2.45. The molecule has 0 spiro atoms. The lowest BCUT2D eigenvalue weighted by Gasteiger charge is -2.11. The summed E-state index contributed by atoms with van der Waals surface area (Å²) < 4.78 is 26.5. The number of rotatable bonds is 4. The molecular weight excluding hydrogens is 282 g/mol. The Labute approximate surface area is 115 Å². The normalized spacial score (nSPS) is 11.3. The van der Waals surface area contributed by atoms with Crippen LogP contribution in [-0.4, -0.2) is 29.5 Å². The number of nitrogens with one attached hydrogen (secondary N) is 2. The van der Waals surface area contributed by atoms with Gasteiger partial charge in [0.1, 0.15) is 5.82 Å². The van der Waals surface area contributed by atoms with Gasteiger partial charge in [-0.1, -0.05) is 12.1 Å². The molecule has 0 fully saturated rings. The predicted molar refractivity (Wildman–Crippen MR) is 72.3 cm³/mol. The number of aromatic amines is 1. The van der Waals surface area contributed by atoms with Gasteiger partial charge in [0.2, 0.25) is 0 Å². The van der Waals surface area contributed by atoms with Gasteiger partial charge >= 0.3 is 5.97 Å². The summed E-state index contributed by atoms with van der Waals surface area (Å²) in [6.45, 7) is 3.22. The van der Waals surface area contributed by atoms with Crippen molar-refractivity contribution in [2.75, 3.05) is 4.72 Å². The molecule has 0 bridgehead atoms. The van der Waals surface area contributed by atoms with Crippen LogP contribution in [0.3, 0.4) is 0 Å². The van der Waals surface area contributed by atoms with E-state index >= 15 is 0 Å². The minimum atomic E-state index is -3.90. The van der Waals surface area contributed by atoms with Crippen molar-refractivity contribution in [2.45, 2.75) is 18.9 Å². The average Bonchev–Trinajstić information content (AvgIpc) is 2.75. The third-order valence-corrected chi connectivity index (χ3v) is 3.98. The summed E-state index contributed by atoms with van der Waals surface area (Å²) in [6.07, 6.45) is 1.17. The number of carbonyl (C=O) groups is 1. The lowest BCUT2D eigenvalue weighted by Crippen LogP contribution is -2.16. The van der Waals surface area contributed by atoms with Gasteiger partial charge in [0, 0.05) is 0 Å². The molecule has 20 heavy (non-hydrogen) atoms. The van der Waals surface area contributed by atoms with Crippen LogP contribution >= 0.6 is 0 Å². The molecular formula is C12H13N3O4S. The van der Waals surface area contributed by atoms with Gasteiger partial charge in [0.15, 0.2) is 5.03 Å². The van der Waals surface area contributed by atoms with Crippen molar-refractivity contribution < 1.29 is 18.3 Å². The van der Waals surface area contributed by atoms with Gasteiger partial charge in [-0.25, -0.2) is 9.78 Å². The number of anilines is 1. The molecule has 0 aliphatic carbocycles. The summed E-state index contributed by atoms with van der Waals surface area (Å²) in [4.78, 5) is 17.6. The van der Waals surface area contributed by atoms with E-state index < -0.39 is 16.0 Å². The third kappa shape index (κ3) is 2.64. The second-order valence-electron chi connectivity index (χ2n) is 4.24. The molecule has 0 saturated carbocycles. The quantitative estimate of drug-likeness (QED) is 0.791. The number of imidazole rings is 1. The van der Waals surface area contributed by atoms with E-state index in [1.54, 1.807) is 26.0 Å². The van der Waals surface area contributed by atoms with Crippen molar-refractivity contribution in [3.05, 3.63) is 41.3 Å². The maximum absolute atomic E-state index is 12.1. The van der Waals surface area contributed by atoms with Crippen LogP contribution in [0, 0.1) is 13.8 Å². The maximum atomic E-state index is 12.1. The highest BCUT2D eigenvalue weighted by molar-refractivity contribution is 7.92. The fourth-order valence-corrected chi connectivity index (χ4v) is 2.81. The monoisotopic (exact) mass is 295 g/mol. The number of hydrogen-bond donors (Lipinski definition) is 3. The van der Waals surface area contributed by atoms with Crippen LogP contribution in [0.4, 0.5) is 5.69 Å². The van der Waals surface area contributed by atoms with Crippen LogP contribution in [-0.2, 0) is 10.0 Å². The van der Waals surface area contributed by atoms with Crippen molar-refractivity contribution in [1.82, 2.24) is 9.97 Å². The molecule has 0 aliphatic rings. The first-order valence-electron chi connectivity index (χ1n) is 5.68.